The van der Waals surface area contributed by atoms with E-state index in [1.807, 2.05) is 0 Å². The predicted octanol–water partition coefficient (Wildman–Crippen LogP) is 4.77. The van der Waals surface area contributed by atoms with Crippen LogP contribution in [0.15, 0.2) is 0 Å². The van der Waals surface area contributed by atoms with Crippen molar-refractivity contribution in [1.82, 2.24) is 5.32 Å². The van der Waals surface area contributed by atoms with Crippen LogP contribution in [0.2, 0.25) is 0 Å². The first-order chi connectivity index (χ1) is 11.8. The molecule has 0 aromatic carbocycles. The van der Waals surface area contributed by atoms with Gasteiger partial charge < -0.3 is 15.2 Å². The van der Waals surface area contributed by atoms with E-state index >= 15 is 0 Å². The number of nitrogens with one attached hydrogen (secondary N) is 1. The number of aliphatic hydroxyl groups excluding tert-OH is 1. The SMILES string of the molecule is OC(OC1CCCC1)[C@@H](CC1CCCCC1)NCC1CCCCC1. The molecule has 0 radical (unpaired) electrons. The van der Waals surface area contributed by atoms with Crippen LogP contribution >= 0.6 is 0 Å². The van der Waals surface area contributed by atoms with Gasteiger partial charge in [0.25, 0.3) is 0 Å². The summed E-state index contributed by atoms with van der Waals surface area (Å²) in [5.74, 6) is 1.59. The molecule has 0 amide bonds. The third-order valence-electron chi connectivity index (χ3n) is 6.68. The molecule has 3 aliphatic rings. The van der Waals surface area contributed by atoms with Gasteiger partial charge in [0.2, 0.25) is 0 Å². The Balaban J connectivity index is 1.49. The van der Waals surface area contributed by atoms with Crippen molar-refractivity contribution in [3.63, 3.8) is 0 Å². The average Bonchev–Trinajstić information content (AvgIpc) is 3.13. The normalized spacial score (nSPS) is 27.4. The monoisotopic (exact) mass is 337 g/mol. The maximum atomic E-state index is 10.7. The molecular weight excluding hydrogens is 298 g/mol. The summed E-state index contributed by atoms with van der Waals surface area (Å²) in [6, 6.07) is 0.135. The van der Waals surface area contributed by atoms with Gasteiger partial charge in [-0.1, -0.05) is 64.2 Å². The number of ether oxygens (including phenoxy) is 1. The van der Waals surface area contributed by atoms with Crippen molar-refractivity contribution in [2.45, 2.75) is 115 Å². The Kier molecular flexibility index (Phi) is 7.88. The molecule has 1 unspecified atom stereocenters. The molecule has 3 rings (SSSR count). The Morgan fingerprint density at radius 2 is 1.29 bits per heavy atom. The smallest absolute Gasteiger partial charge is 0.170 e. The van der Waals surface area contributed by atoms with E-state index in [2.05, 4.69) is 5.32 Å². The summed E-state index contributed by atoms with van der Waals surface area (Å²) in [5, 5.41) is 14.5. The topological polar surface area (TPSA) is 41.5 Å². The van der Waals surface area contributed by atoms with Crippen molar-refractivity contribution < 1.29 is 9.84 Å². The first-order valence-corrected chi connectivity index (χ1v) is 10.9. The summed E-state index contributed by atoms with van der Waals surface area (Å²) >= 11 is 0. The lowest BCUT2D eigenvalue weighted by Crippen LogP contribution is -2.46. The maximum Gasteiger partial charge on any atom is 0.170 e. The van der Waals surface area contributed by atoms with Gasteiger partial charge in [-0.15, -0.1) is 0 Å². The van der Waals surface area contributed by atoms with E-state index in [9.17, 15) is 5.11 Å². The molecule has 3 aliphatic carbocycles. The van der Waals surface area contributed by atoms with E-state index in [1.165, 1.54) is 77.0 Å². The zero-order valence-electron chi connectivity index (χ0n) is 15.6. The highest BCUT2D eigenvalue weighted by molar-refractivity contribution is 4.80. The third kappa shape index (κ3) is 6.00. The van der Waals surface area contributed by atoms with Gasteiger partial charge in [-0.25, -0.2) is 0 Å². The fraction of sp³-hybridized carbons (Fsp3) is 1.00. The predicted molar refractivity (Wildman–Crippen MR) is 98.9 cm³/mol. The summed E-state index contributed by atoms with van der Waals surface area (Å²) in [5.41, 5.74) is 0. The lowest BCUT2D eigenvalue weighted by atomic mass is 9.84. The molecule has 3 nitrogen and oxygen atoms in total. The highest BCUT2D eigenvalue weighted by atomic mass is 16.6. The van der Waals surface area contributed by atoms with Gasteiger partial charge in [0.05, 0.1) is 12.1 Å². The molecular formula is C21H39NO2. The van der Waals surface area contributed by atoms with Crippen molar-refractivity contribution in [3.05, 3.63) is 0 Å². The highest BCUT2D eigenvalue weighted by Gasteiger charge is 2.29. The Bertz CT molecular complexity index is 331. The first-order valence-electron chi connectivity index (χ1n) is 10.9. The van der Waals surface area contributed by atoms with Gasteiger partial charge >= 0.3 is 0 Å². The fourth-order valence-electron chi connectivity index (χ4n) is 5.11. The molecule has 0 bridgehead atoms. The zero-order valence-corrected chi connectivity index (χ0v) is 15.6. The van der Waals surface area contributed by atoms with Crippen molar-refractivity contribution in [2.24, 2.45) is 11.8 Å². The molecule has 140 valence electrons. The molecule has 0 heterocycles. The fourth-order valence-corrected chi connectivity index (χ4v) is 5.11. The van der Waals surface area contributed by atoms with Gasteiger partial charge in [-0.2, -0.15) is 0 Å². The van der Waals surface area contributed by atoms with E-state index in [1.54, 1.807) is 0 Å². The van der Waals surface area contributed by atoms with Crippen LogP contribution in [0.3, 0.4) is 0 Å². The number of hydrogen-bond acceptors (Lipinski definition) is 3. The molecule has 0 saturated heterocycles. The van der Waals surface area contributed by atoms with Crippen LogP contribution in [0, 0.1) is 11.8 Å². The van der Waals surface area contributed by atoms with Crippen LogP contribution in [0.5, 0.6) is 0 Å². The minimum atomic E-state index is -0.612. The van der Waals surface area contributed by atoms with Crippen molar-refractivity contribution in [2.75, 3.05) is 6.54 Å². The van der Waals surface area contributed by atoms with Crippen LogP contribution < -0.4 is 5.32 Å². The first kappa shape index (κ1) is 18.7. The van der Waals surface area contributed by atoms with E-state index < -0.39 is 6.29 Å². The maximum absolute atomic E-state index is 10.7. The summed E-state index contributed by atoms with van der Waals surface area (Å²) in [6.07, 6.45) is 19.3. The van der Waals surface area contributed by atoms with E-state index in [0.717, 1.165) is 37.6 Å². The third-order valence-corrected chi connectivity index (χ3v) is 6.68. The minimum absolute atomic E-state index is 0.135. The Labute approximate surface area is 148 Å². The van der Waals surface area contributed by atoms with Gasteiger partial charge in [0.1, 0.15) is 0 Å². The molecule has 0 aliphatic heterocycles. The second kappa shape index (κ2) is 10.1. The molecule has 3 fully saturated rings. The van der Waals surface area contributed by atoms with E-state index in [4.69, 9.17) is 4.74 Å². The standard InChI is InChI=1S/C21H39NO2/c23-21(24-19-13-7-8-14-19)20(15-17-9-3-1-4-10-17)22-16-18-11-5-2-6-12-18/h17-23H,1-16H2/t20-,21?/m1/s1. The van der Waals surface area contributed by atoms with Gasteiger partial charge in [0, 0.05) is 0 Å². The van der Waals surface area contributed by atoms with Crippen LogP contribution in [0.4, 0.5) is 0 Å². The Morgan fingerprint density at radius 1 is 0.750 bits per heavy atom. The molecule has 0 aromatic rings. The zero-order chi connectivity index (χ0) is 16.6. The number of hydrogen-bond donors (Lipinski definition) is 2. The summed E-state index contributed by atoms with van der Waals surface area (Å²) < 4.78 is 6.05. The van der Waals surface area contributed by atoms with Crippen molar-refractivity contribution >= 4 is 0 Å². The molecule has 2 N–H and O–H groups in total. The Hall–Kier alpha value is -0.120. The molecule has 24 heavy (non-hydrogen) atoms. The average molecular weight is 338 g/mol. The van der Waals surface area contributed by atoms with Gasteiger partial charge in [-0.05, 0) is 50.5 Å². The second-order valence-corrected chi connectivity index (χ2v) is 8.69. The highest BCUT2D eigenvalue weighted by Crippen LogP contribution is 2.30. The molecule has 0 aromatic heterocycles. The van der Waals surface area contributed by atoms with Crippen molar-refractivity contribution in [1.29, 1.82) is 0 Å². The van der Waals surface area contributed by atoms with Gasteiger partial charge in [-0.3, -0.25) is 0 Å². The van der Waals surface area contributed by atoms with Crippen LogP contribution in [-0.4, -0.2) is 30.1 Å². The molecule has 0 spiro atoms. The number of rotatable bonds is 8. The van der Waals surface area contributed by atoms with Crippen LogP contribution in [-0.2, 0) is 4.74 Å². The largest absolute Gasteiger partial charge is 0.367 e. The lowest BCUT2D eigenvalue weighted by molar-refractivity contribution is -0.154. The molecule has 3 heteroatoms. The van der Waals surface area contributed by atoms with Crippen LogP contribution in [0.25, 0.3) is 0 Å². The molecule has 2 atom stereocenters. The minimum Gasteiger partial charge on any atom is -0.367 e. The van der Waals surface area contributed by atoms with Crippen LogP contribution in [0.1, 0.15) is 96.3 Å². The summed E-state index contributed by atoms with van der Waals surface area (Å²) in [4.78, 5) is 0. The Morgan fingerprint density at radius 3 is 1.92 bits per heavy atom. The summed E-state index contributed by atoms with van der Waals surface area (Å²) in [6.45, 7) is 1.07. The second-order valence-electron chi connectivity index (χ2n) is 8.69. The quantitative estimate of drug-likeness (QED) is 0.627. The number of aliphatic hydroxyl groups is 1. The lowest BCUT2D eigenvalue weighted by Gasteiger charge is -2.33. The van der Waals surface area contributed by atoms with Crippen molar-refractivity contribution in [3.8, 4) is 0 Å². The van der Waals surface area contributed by atoms with Gasteiger partial charge in [0.15, 0.2) is 6.29 Å². The summed E-state index contributed by atoms with van der Waals surface area (Å²) in [7, 11) is 0. The molecule has 3 saturated carbocycles. The van der Waals surface area contributed by atoms with E-state index in [0.29, 0.717) is 6.10 Å². The van der Waals surface area contributed by atoms with E-state index in [-0.39, 0.29) is 6.04 Å².